The number of nitrogens with one attached hydrogen (secondary N) is 1. The molecule has 0 radical (unpaired) electrons. The molecule has 0 spiro atoms. The summed E-state index contributed by atoms with van der Waals surface area (Å²) in [7, 11) is -3.79. The van der Waals surface area contributed by atoms with Crippen molar-refractivity contribution in [2.75, 3.05) is 4.72 Å². The van der Waals surface area contributed by atoms with Crippen LogP contribution in [0.3, 0.4) is 0 Å². The van der Waals surface area contributed by atoms with Gasteiger partial charge in [-0.25, -0.2) is 18.4 Å². The predicted molar refractivity (Wildman–Crippen MR) is 79.7 cm³/mol. The van der Waals surface area contributed by atoms with Crippen LogP contribution in [-0.4, -0.2) is 18.4 Å². The molecular weight excluding hydrogens is 421 g/mol. The zero-order valence-electron chi connectivity index (χ0n) is 9.14. The van der Waals surface area contributed by atoms with Gasteiger partial charge in [-0.1, -0.05) is 27.5 Å². The number of hydrogen-bond donors (Lipinski definition) is 1. The number of sulfonamides is 1. The first kappa shape index (κ1) is 14.7. The van der Waals surface area contributed by atoms with Crippen LogP contribution in [0, 0.1) is 0 Å². The van der Waals surface area contributed by atoms with Crippen molar-refractivity contribution in [3.05, 3.63) is 44.7 Å². The lowest BCUT2D eigenvalue weighted by molar-refractivity contribution is 0.601. The van der Waals surface area contributed by atoms with Crippen molar-refractivity contribution in [3.63, 3.8) is 0 Å². The third-order valence-corrected chi connectivity index (χ3v) is 4.78. The highest BCUT2D eigenvalue weighted by Gasteiger charge is 2.18. The first-order valence-electron chi connectivity index (χ1n) is 4.84. The van der Waals surface area contributed by atoms with Gasteiger partial charge in [0.05, 0.1) is 17.4 Å². The van der Waals surface area contributed by atoms with Gasteiger partial charge in [-0.15, -0.1) is 0 Å². The van der Waals surface area contributed by atoms with Crippen molar-refractivity contribution >= 4 is 59.3 Å². The third kappa shape index (κ3) is 3.65. The van der Waals surface area contributed by atoms with E-state index in [1.54, 1.807) is 6.07 Å². The summed E-state index contributed by atoms with van der Waals surface area (Å²) in [4.78, 5) is 7.74. The Hall–Kier alpha value is -0.700. The average Bonchev–Trinajstić information content (AvgIpc) is 2.31. The lowest BCUT2D eigenvalue weighted by Crippen LogP contribution is -2.14. The van der Waals surface area contributed by atoms with E-state index in [0.29, 0.717) is 9.08 Å². The van der Waals surface area contributed by atoms with Crippen molar-refractivity contribution in [2.24, 2.45) is 0 Å². The first-order chi connectivity index (χ1) is 8.88. The molecule has 1 heterocycles. The topological polar surface area (TPSA) is 72.0 Å². The first-order valence-corrected chi connectivity index (χ1v) is 8.28. The standard InChI is InChI=1S/C10H6Br2ClN3O2S/c11-6-1-2-8(7(13)3-6)19(17,18)16-10-5-14-9(12)4-15-10/h1-5H,(H,15,16). The lowest BCUT2D eigenvalue weighted by atomic mass is 10.4. The quantitative estimate of drug-likeness (QED) is 0.814. The van der Waals surface area contributed by atoms with E-state index in [1.807, 2.05) is 0 Å². The molecule has 0 bridgehead atoms. The number of halogens is 3. The molecule has 0 fully saturated rings. The molecule has 1 N–H and O–H groups in total. The SMILES string of the molecule is O=S(=O)(Nc1cnc(Br)cn1)c1ccc(Br)cc1Cl. The van der Waals surface area contributed by atoms with Crippen LogP contribution >= 0.6 is 43.5 Å². The summed E-state index contributed by atoms with van der Waals surface area (Å²) < 4.78 is 27.8. The maximum absolute atomic E-state index is 12.1. The van der Waals surface area contributed by atoms with E-state index in [1.165, 1.54) is 24.5 Å². The molecule has 19 heavy (non-hydrogen) atoms. The minimum Gasteiger partial charge on any atom is -0.262 e. The molecule has 0 saturated carbocycles. The lowest BCUT2D eigenvalue weighted by Gasteiger charge is -2.08. The fraction of sp³-hybridized carbons (Fsp3) is 0. The van der Waals surface area contributed by atoms with Crippen LogP contribution in [0.15, 0.2) is 44.6 Å². The molecule has 9 heteroatoms. The van der Waals surface area contributed by atoms with Crippen LogP contribution in [0.4, 0.5) is 5.82 Å². The second kappa shape index (κ2) is 5.74. The minimum absolute atomic E-state index is 0.0258. The van der Waals surface area contributed by atoms with Gasteiger partial charge in [0.15, 0.2) is 5.82 Å². The highest BCUT2D eigenvalue weighted by Crippen LogP contribution is 2.26. The van der Waals surface area contributed by atoms with E-state index in [-0.39, 0.29) is 15.7 Å². The molecule has 2 rings (SSSR count). The zero-order valence-corrected chi connectivity index (χ0v) is 13.9. The van der Waals surface area contributed by atoms with Crippen LogP contribution < -0.4 is 4.72 Å². The van der Waals surface area contributed by atoms with Crippen LogP contribution in [-0.2, 0) is 10.0 Å². The molecule has 100 valence electrons. The van der Waals surface area contributed by atoms with Crippen molar-refractivity contribution in [1.82, 2.24) is 9.97 Å². The zero-order chi connectivity index (χ0) is 14.0. The van der Waals surface area contributed by atoms with Crippen molar-refractivity contribution in [3.8, 4) is 0 Å². The molecule has 0 aliphatic rings. The minimum atomic E-state index is -3.79. The highest BCUT2D eigenvalue weighted by molar-refractivity contribution is 9.10. The van der Waals surface area contributed by atoms with Crippen LogP contribution in [0.1, 0.15) is 0 Å². The van der Waals surface area contributed by atoms with Crippen molar-refractivity contribution in [2.45, 2.75) is 4.90 Å². The normalized spacial score (nSPS) is 11.3. The second-order valence-electron chi connectivity index (χ2n) is 3.40. The van der Waals surface area contributed by atoms with E-state index in [9.17, 15) is 8.42 Å². The fourth-order valence-corrected chi connectivity index (χ4v) is 3.49. The largest absolute Gasteiger partial charge is 0.264 e. The Morgan fingerprint density at radius 1 is 1.16 bits per heavy atom. The van der Waals surface area contributed by atoms with Gasteiger partial charge in [0.1, 0.15) is 9.50 Å². The molecule has 0 atom stereocenters. The molecule has 2 aromatic rings. The Labute approximate surface area is 131 Å². The molecule has 0 aliphatic carbocycles. The van der Waals surface area contributed by atoms with Gasteiger partial charge in [0, 0.05) is 4.47 Å². The Bertz CT molecular complexity index is 707. The summed E-state index contributed by atoms with van der Waals surface area (Å²) in [6.07, 6.45) is 2.69. The van der Waals surface area contributed by atoms with Crippen LogP contribution in [0.5, 0.6) is 0 Å². The Balaban J connectivity index is 2.35. The fourth-order valence-electron chi connectivity index (χ4n) is 1.25. The predicted octanol–water partition coefficient (Wildman–Crippen LogP) is 3.46. The number of nitrogens with zero attached hydrogens (tertiary/aromatic N) is 2. The number of rotatable bonds is 3. The van der Waals surface area contributed by atoms with Gasteiger partial charge in [0.25, 0.3) is 10.0 Å². The van der Waals surface area contributed by atoms with E-state index in [0.717, 1.165) is 0 Å². The van der Waals surface area contributed by atoms with Crippen LogP contribution in [0.25, 0.3) is 0 Å². The second-order valence-corrected chi connectivity index (χ2v) is 7.19. The molecule has 1 aromatic carbocycles. The van der Waals surface area contributed by atoms with E-state index < -0.39 is 10.0 Å². The number of benzene rings is 1. The molecule has 1 aromatic heterocycles. The Morgan fingerprint density at radius 2 is 1.89 bits per heavy atom. The Morgan fingerprint density at radius 3 is 2.47 bits per heavy atom. The highest BCUT2D eigenvalue weighted by atomic mass is 79.9. The van der Waals surface area contributed by atoms with Gasteiger partial charge >= 0.3 is 0 Å². The Kier molecular flexibility index (Phi) is 4.44. The number of aromatic nitrogens is 2. The van der Waals surface area contributed by atoms with E-state index in [4.69, 9.17) is 11.6 Å². The summed E-state index contributed by atoms with van der Waals surface area (Å²) in [5.74, 6) is 0.113. The maximum Gasteiger partial charge on any atom is 0.264 e. The molecule has 0 aliphatic heterocycles. The van der Waals surface area contributed by atoms with E-state index in [2.05, 4.69) is 46.5 Å². The van der Waals surface area contributed by atoms with Gasteiger partial charge in [-0.3, -0.25) is 4.72 Å². The van der Waals surface area contributed by atoms with E-state index >= 15 is 0 Å². The summed E-state index contributed by atoms with van der Waals surface area (Å²) in [5, 5.41) is 0.118. The molecule has 0 unspecified atom stereocenters. The summed E-state index contributed by atoms with van der Waals surface area (Å²) in [6, 6.07) is 4.50. The van der Waals surface area contributed by atoms with Crippen LogP contribution in [0.2, 0.25) is 5.02 Å². The van der Waals surface area contributed by atoms with Gasteiger partial charge in [-0.05, 0) is 34.1 Å². The molecule has 5 nitrogen and oxygen atoms in total. The summed E-state index contributed by atoms with van der Waals surface area (Å²) >= 11 is 12.2. The maximum atomic E-state index is 12.1. The number of anilines is 1. The van der Waals surface area contributed by atoms with Gasteiger partial charge in [0.2, 0.25) is 0 Å². The van der Waals surface area contributed by atoms with Crippen molar-refractivity contribution in [1.29, 1.82) is 0 Å². The smallest absolute Gasteiger partial charge is 0.262 e. The monoisotopic (exact) mass is 425 g/mol. The van der Waals surface area contributed by atoms with Gasteiger partial charge < -0.3 is 0 Å². The molecule has 0 saturated heterocycles. The average molecular weight is 428 g/mol. The number of hydrogen-bond acceptors (Lipinski definition) is 4. The van der Waals surface area contributed by atoms with Gasteiger partial charge in [-0.2, -0.15) is 0 Å². The van der Waals surface area contributed by atoms with Crippen molar-refractivity contribution < 1.29 is 8.42 Å². The third-order valence-electron chi connectivity index (χ3n) is 2.04. The summed E-state index contributed by atoms with van der Waals surface area (Å²) in [5.41, 5.74) is 0. The molecular formula is C10H6Br2ClN3O2S. The molecule has 0 amide bonds. The summed E-state index contributed by atoms with van der Waals surface area (Å²) in [6.45, 7) is 0.